The molecule has 0 aliphatic rings. The number of rotatable bonds is 3. The van der Waals surface area contributed by atoms with Gasteiger partial charge in [0.05, 0.1) is 5.69 Å². The average molecular weight is 375 g/mol. The Hall–Kier alpha value is -2.92. The molecule has 0 radical (unpaired) electrons. The fourth-order valence-electron chi connectivity index (χ4n) is 3.46. The van der Waals surface area contributed by atoms with E-state index in [1.165, 1.54) is 16.9 Å². The van der Waals surface area contributed by atoms with Crippen LogP contribution in [0.5, 0.6) is 0 Å². The zero-order chi connectivity index (χ0) is 19.1. The zero-order valence-corrected chi connectivity index (χ0v) is 16.6. The molecule has 2 aromatic carbocycles. The summed E-state index contributed by atoms with van der Waals surface area (Å²) in [7, 11) is 0. The number of hydrogen-bond donors (Lipinski definition) is 1. The van der Waals surface area contributed by atoms with Crippen molar-refractivity contribution in [2.24, 2.45) is 0 Å². The van der Waals surface area contributed by atoms with Crippen molar-refractivity contribution >= 4 is 27.9 Å². The van der Waals surface area contributed by atoms with Crippen LogP contribution in [-0.2, 0) is 0 Å². The highest BCUT2D eigenvalue weighted by atomic mass is 32.1. The molecular formula is C22H21N3OS. The second kappa shape index (κ2) is 6.67. The average Bonchev–Trinajstić information content (AvgIpc) is 3.18. The van der Waals surface area contributed by atoms with Gasteiger partial charge in [0.2, 0.25) is 0 Å². The Balaban J connectivity index is 1.67. The molecule has 4 nitrogen and oxygen atoms in total. The maximum absolute atomic E-state index is 12.9. The number of thiazole rings is 1. The Kier molecular flexibility index (Phi) is 4.32. The molecule has 0 spiro atoms. The highest BCUT2D eigenvalue weighted by Gasteiger charge is 2.19. The summed E-state index contributed by atoms with van der Waals surface area (Å²) in [4.78, 5) is 19.1. The summed E-state index contributed by atoms with van der Waals surface area (Å²) in [5, 5.41) is 3.09. The van der Waals surface area contributed by atoms with Crippen molar-refractivity contribution in [3.8, 4) is 11.3 Å². The van der Waals surface area contributed by atoms with E-state index in [2.05, 4.69) is 24.4 Å². The van der Waals surface area contributed by atoms with Crippen molar-refractivity contribution < 1.29 is 4.79 Å². The first kappa shape index (κ1) is 17.5. The first-order chi connectivity index (χ1) is 12.9. The number of nitrogens with zero attached hydrogens (tertiary/aromatic N) is 2. The topological polar surface area (TPSA) is 46.4 Å². The predicted octanol–water partition coefficient (Wildman–Crippen LogP) is 5.55. The van der Waals surface area contributed by atoms with Crippen LogP contribution in [0.4, 0.5) is 5.69 Å². The van der Waals surface area contributed by atoms with Crippen molar-refractivity contribution in [3.05, 3.63) is 75.9 Å². The van der Waals surface area contributed by atoms with E-state index >= 15 is 0 Å². The van der Waals surface area contributed by atoms with Gasteiger partial charge in [0.1, 0.15) is 4.88 Å². The molecule has 4 rings (SSSR count). The fraction of sp³-hybridized carbons (Fsp3) is 0.182. The van der Waals surface area contributed by atoms with Gasteiger partial charge in [-0.15, -0.1) is 0 Å². The Bertz CT molecular complexity index is 1130. The third kappa shape index (κ3) is 3.15. The van der Waals surface area contributed by atoms with Crippen molar-refractivity contribution in [2.45, 2.75) is 27.7 Å². The minimum atomic E-state index is -0.0840. The molecule has 0 fully saturated rings. The van der Waals surface area contributed by atoms with E-state index in [4.69, 9.17) is 4.98 Å². The van der Waals surface area contributed by atoms with E-state index in [0.29, 0.717) is 4.88 Å². The van der Waals surface area contributed by atoms with Crippen molar-refractivity contribution in [3.63, 3.8) is 0 Å². The van der Waals surface area contributed by atoms with Gasteiger partial charge >= 0.3 is 0 Å². The monoisotopic (exact) mass is 375 g/mol. The third-order valence-electron chi connectivity index (χ3n) is 4.75. The highest BCUT2D eigenvalue weighted by Crippen LogP contribution is 2.29. The molecule has 5 heteroatoms. The van der Waals surface area contributed by atoms with Crippen LogP contribution < -0.4 is 5.32 Å². The Morgan fingerprint density at radius 2 is 1.70 bits per heavy atom. The lowest BCUT2D eigenvalue weighted by atomic mass is 10.1. The van der Waals surface area contributed by atoms with Gasteiger partial charge < -0.3 is 5.32 Å². The molecule has 1 amide bonds. The third-order valence-corrected chi connectivity index (χ3v) is 5.90. The normalized spacial score (nSPS) is 11.1. The summed E-state index contributed by atoms with van der Waals surface area (Å²) in [6, 6.07) is 14.2. The van der Waals surface area contributed by atoms with E-state index in [9.17, 15) is 4.79 Å². The molecule has 0 unspecified atom stereocenters. The van der Waals surface area contributed by atoms with Crippen LogP contribution in [-0.4, -0.2) is 15.3 Å². The number of amides is 1. The first-order valence-corrected chi connectivity index (χ1v) is 9.69. The lowest BCUT2D eigenvalue weighted by Gasteiger charge is -2.12. The number of benzene rings is 2. The van der Waals surface area contributed by atoms with E-state index in [1.807, 2.05) is 61.7 Å². The molecule has 0 aliphatic heterocycles. The largest absolute Gasteiger partial charge is 0.321 e. The number of carbonyl (C=O) groups is 1. The second-order valence-electron chi connectivity index (χ2n) is 6.89. The smallest absolute Gasteiger partial charge is 0.267 e. The number of anilines is 1. The van der Waals surface area contributed by atoms with E-state index in [-0.39, 0.29) is 5.91 Å². The number of hydrogen-bond acceptors (Lipinski definition) is 3. The maximum atomic E-state index is 12.9. The molecule has 2 aromatic heterocycles. The van der Waals surface area contributed by atoms with Gasteiger partial charge in [-0.25, -0.2) is 4.98 Å². The summed E-state index contributed by atoms with van der Waals surface area (Å²) in [5.41, 5.74) is 7.14. The summed E-state index contributed by atoms with van der Waals surface area (Å²) >= 11 is 1.42. The van der Waals surface area contributed by atoms with Crippen LogP contribution in [0.15, 0.2) is 48.7 Å². The quantitative estimate of drug-likeness (QED) is 0.510. The SMILES string of the molecule is Cc1cc(C)c(NC(=O)c2sc3nc(-c4ccccc4)cn3c2C)c(C)c1. The number of imidazole rings is 1. The lowest BCUT2D eigenvalue weighted by Crippen LogP contribution is -2.14. The first-order valence-electron chi connectivity index (χ1n) is 8.87. The molecule has 0 aliphatic carbocycles. The molecule has 0 saturated carbocycles. The van der Waals surface area contributed by atoms with Gasteiger partial charge in [-0.3, -0.25) is 9.20 Å². The van der Waals surface area contributed by atoms with Crippen LogP contribution in [0, 0.1) is 27.7 Å². The zero-order valence-electron chi connectivity index (χ0n) is 15.8. The van der Waals surface area contributed by atoms with Crippen LogP contribution >= 0.6 is 11.3 Å². The number of carbonyl (C=O) groups excluding carboxylic acids is 1. The fourth-order valence-corrected chi connectivity index (χ4v) is 4.46. The molecule has 2 heterocycles. The minimum absolute atomic E-state index is 0.0840. The van der Waals surface area contributed by atoms with Crippen molar-refractivity contribution in [1.82, 2.24) is 9.38 Å². The Labute approximate surface area is 162 Å². The number of nitrogens with one attached hydrogen (secondary N) is 1. The summed E-state index contributed by atoms with van der Waals surface area (Å²) in [6.45, 7) is 8.07. The molecule has 0 saturated heterocycles. The van der Waals surface area contributed by atoms with E-state index in [1.54, 1.807) is 0 Å². The second-order valence-corrected chi connectivity index (χ2v) is 7.87. The van der Waals surface area contributed by atoms with Gasteiger partial charge in [0.15, 0.2) is 4.96 Å². The Morgan fingerprint density at radius 3 is 2.33 bits per heavy atom. The van der Waals surface area contributed by atoms with E-state index < -0.39 is 0 Å². The van der Waals surface area contributed by atoms with Gasteiger partial charge in [0.25, 0.3) is 5.91 Å². The van der Waals surface area contributed by atoms with Crippen molar-refractivity contribution in [2.75, 3.05) is 5.32 Å². The van der Waals surface area contributed by atoms with Crippen LogP contribution in [0.25, 0.3) is 16.2 Å². The summed E-state index contributed by atoms with van der Waals surface area (Å²) in [5.74, 6) is -0.0840. The number of aromatic nitrogens is 2. The summed E-state index contributed by atoms with van der Waals surface area (Å²) in [6.07, 6.45) is 2.00. The predicted molar refractivity (Wildman–Crippen MR) is 112 cm³/mol. The van der Waals surface area contributed by atoms with Crippen LogP contribution in [0.1, 0.15) is 32.1 Å². The van der Waals surface area contributed by atoms with Crippen molar-refractivity contribution in [1.29, 1.82) is 0 Å². The van der Waals surface area contributed by atoms with Gasteiger partial charge in [0, 0.05) is 23.1 Å². The lowest BCUT2D eigenvalue weighted by molar-refractivity contribution is 0.102. The number of fused-ring (bicyclic) bond motifs is 1. The number of aryl methyl sites for hydroxylation is 4. The molecule has 27 heavy (non-hydrogen) atoms. The minimum Gasteiger partial charge on any atom is -0.321 e. The highest BCUT2D eigenvalue weighted by molar-refractivity contribution is 7.19. The maximum Gasteiger partial charge on any atom is 0.267 e. The van der Waals surface area contributed by atoms with Gasteiger partial charge in [-0.2, -0.15) is 0 Å². The Morgan fingerprint density at radius 1 is 1.04 bits per heavy atom. The molecule has 0 bridgehead atoms. The van der Waals surface area contributed by atoms with Crippen LogP contribution in [0.3, 0.4) is 0 Å². The molecular weight excluding hydrogens is 354 g/mol. The molecule has 0 atom stereocenters. The molecule has 1 N–H and O–H groups in total. The standard InChI is InChI=1S/C22H21N3OS/c1-13-10-14(2)19(15(3)11-13)24-21(26)20-16(4)25-12-18(23-22(25)27-20)17-8-6-5-7-9-17/h5-12H,1-4H3,(H,24,26). The summed E-state index contributed by atoms with van der Waals surface area (Å²) < 4.78 is 2.00. The molecule has 136 valence electrons. The van der Waals surface area contributed by atoms with Gasteiger partial charge in [-0.05, 0) is 38.8 Å². The molecule has 4 aromatic rings. The van der Waals surface area contributed by atoms with E-state index in [0.717, 1.165) is 38.7 Å². The van der Waals surface area contributed by atoms with Gasteiger partial charge in [-0.1, -0.05) is 59.4 Å². The van der Waals surface area contributed by atoms with Crippen LogP contribution in [0.2, 0.25) is 0 Å².